The van der Waals surface area contributed by atoms with Crippen LogP contribution in [-0.2, 0) is 20.7 Å². The normalized spacial score (nSPS) is 10.6. The molecule has 1 heterocycles. The molecule has 0 atom stereocenters. The van der Waals surface area contributed by atoms with E-state index in [0.29, 0.717) is 27.6 Å². The van der Waals surface area contributed by atoms with Crippen molar-refractivity contribution in [3.8, 4) is 5.75 Å². The number of carbonyl (C=O) groups is 2. The van der Waals surface area contributed by atoms with Crippen LogP contribution in [0.2, 0.25) is 5.02 Å². The van der Waals surface area contributed by atoms with Crippen LogP contribution in [0.3, 0.4) is 0 Å². The van der Waals surface area contributed by atoms with Crippen molar-refractivity contribution in [3.63, 3.8) is 0 Å². The quantitative estimate of drug-likeness (QED) is 0.643. The van der Waals surface area contributed by atoms with Crippen molar-refractivity contribution in [2.24, 2.45) is 0 Å². The lowest BCUT2D eigenvalue weighted by atomic mass is 10.1. The molecule has 0 bridgehead atoms. The minimum absolute atomic E-state index is 0.00295. The van der Waals surface area contributed by atoms with Crippen LogP contribution < -0.4 is 10.1 Å². The number of carbonyl (C=O) groups excluding carboxylic acids is 2. The van der Waals surface area contributed by atoms with Gasteiger partial charge in [0.25, 0.3) is 5.91 Å². The maximum atomic E-state index is 12.0. The van der Waals surface area contributed by atoms with Gasteiger partial charge in [0.2, 0.25) is 0 Å². The van der Waals surface area contributed by atoms with Crippen LogP contribution in [-0.4, -0.2) is 25.6 Å². The first-order valence-electron chi connectivity index (χ1n) is 8.22. The smallest absolute Gasteiger partial charge is 0.310 e. The van der Waals surface area contributed by atoms with Crippen LogP contribution >= 0.6 is 11.6 Å². The summed E-state index contributed by atoms with van der Waals surface area (Å²) in [5.74, 6) is -0.297. The van der Waals surface area contributed by atoms with Gasteiger partial charge in [-0.05, 0) is 36.8 Å². The molecule has 3 rings (SSSR count). The monoisotopic (exact) mass is 387 g/mol. The fourth-order valence-electron chi connectivity index (χ4n) is 2.55. The molecule has 0 unspecified atom stereocenters. The Morgan fingerprint density at radius 3 is 2.74 bits per heavy atom. The molecule has 140 valence electrons. The third kappa shape index (κ3) is 4.60. The Kier molecular flexibility index (Phi) is 5.66. The summed E-state index contributed by atoms with van der Waals surface area (Å²) in [6.45, 7) is 1.49. The van der Waals surface area contributed by atoms with Gasteiger partial charge in [-0.1, -0.05) is 17.7 Å². The first-order valence-corrected chi connectivity index (χ1v) is 8.60. The maximum absolute atomic E-state index is 12.0. The molecule has 27 heavy (non-hydrogen) atoms. The van der Waals surface area contributed by atoms with E-state index in [4.69, 9.17) is 25.5 Å². The van der Waals surface area contributed by atoms with E-state index in [1.165, 1.54) is 6.26 Å². The van der Waals surface area contributed by atoms with E-state index in [1.807, 2.05) is 13.0 Å². The van der Waals surface area contributed by atoms with Gasteiger partial charge < -0.3 is 19.2 Å². The minimum atomic E-state index is -0.523. The van der Waals surface area contributed by atoms with Crippen LogP contribution in [0, 0.1) is 6.92 Å². The molecule has 0 aliphatic heterocycles. The van der Waals surface area contributed by atoms with E-state index in [2.05, 4.69) is 5.32 Å². The largest absolute Gasteiger partial charge is 0.497 e. The van der Waals surface area contributed by atoms with Crippen LogP contribution in [0.15, 0.2) is 47.1 Å². The number of ether oxygens (including phenoxy) is 2. The maximum Gasteiger partial charge on any atom is 0.310 e. The van der Waals surface area contributed by atoms with Gasteiger partial charge in [0.1, 0.15) is 11.3 Å². The Balaban J connectivity index is 1.55. The van der Waals surface area contributed by atoms with Gasteiger partial charge >= 0.3 is 5.97 Å². The summed E-state index contributed by atoms with van der Waals surface area (Å²) >= 11 is 6.02. The number of hydrogen-bond donors (Lipinski definition) is 1. The molecule has 1 N–H and O–H groups in total. The Hall–Kier alpha value is -2.99. The molecule has 0 saturated heterocycles. The third-order valence-corrected chi connectivity index (χ3v) is 4.42. The Morgan fingerprint density at radius 1 is 1.19 bits per heavy atom. The molecule has 0 spiro atoms. The Morgan fingerprint density at radius 2 is 2.00 bits per heavy atom. The molecule has 6 nitrogen and oxygen atoms in total. The second kappa shape index (κ2) is 8.14. The van der Waals surface area contributed by atoms with Gasteiger partial charge in [-0.25, -0.2) is 0 Å². The van der Waals surface area contributed by atoms with E-state index >= 15 is 0 Å². The molecule has 0 fully saturated rings. The van der Waals surface area contributed by atoms with Gasteiger partial charge in [0.15, 0.2) is 6.61 Å². The number of furan rings is 1. The highest BCUT2D eigenvalue weighted by Crippen LogP contribution is 2.26. The lowest BCUT2D eigenvalue weighted by Crippen LogP contribution is -2.21. The number of aryl methyl sites for hydroxylation is 1. The van der Waals surface area contributed by atoms with Crippen LogP contribution in [0.4, 0.5) is 5.69 Å². The van der Waals surface area contributed by atoms with E-state index in [0.717, 1.165) is 10.9 Å². The molecule has 2 aromatic carbocycles. The average Bonchev–Trinajstić information content (AvgIpc) is 3.05. The number of anilines is 1. The summed E-state index contributed by atoms with van der Waals surface area (Å²) < 4.78 is 15.6. The third-order valence-electron chi connectivity index (χ3n) is 4.02. The first-order chi connectivity index (χ1) is 13.0. The van der Waals surface area contributed by atoms with Crippen molar-refractivity contribution in [2.45, 2.75) is 13.3 Å². The number of rotatable bonds is 6. The molecule has 7 heteroatoms. The number of hydrogen-bond acceptors (Lipinski definition) is 5. The molecular weight excluding hydrogens is 370 g/mol. The number of nitrogens with one attached hydrogen (secondary N) is 1. The van der Waals surface area contributed by atoms with Crippen LogP contribution in [0.25, 0.3) is 11.0 Å². The molecule has 1 amide bonds. The number of amides is 1. The van der Waals surface area contributed by atoms with Crippen molar-refractivity contribution in [3.05, 3.63) is 58.8 Å². The molecular formula is C20H18ClNO5. The fraction of sp³-hybridized carbons (Fsp3) is 0.200. The molecule has 0 saturated carbocycles. The number of esters is 1. The summed E-state index contributed by atoms with van der Waals surface area (Å²) in [6.07, 6.45) is 1.50. The average molecular weight is 388 g/mol. The lowest BCUT2D eigenvalue weighted by Gasteiger charge is -2.07. The van der Waals surface area contributed by atoms with Crippen molar-refractivity contribution in [1.82, 2.24) is 0 Å². The Labute approximate surface area is 161 Å². The zero-order valence-corrected chi connectivity index (χ0v) is 15.6. The topological polar surface area (TPSA) is 77.8 Å². The summed E-state index contributed by atoms with van der Waals surface area (Å²) in [7, 11) is 1.57. The fourth-order valence-corrected chi connectivity index (χ4v) is 2.73. The van der Waals surface area contributed by atoms with Crippen molar-refractivity contribution >= 4 is 40.1 Å². The number of halogens is 1. The zero-order valence-electron chi connectivity index (χ0n) is 14.9. The van der Waals surface area contributed by atoms with Crippen molar-refractivity contribution < 1.29 is 23.5 Å². The predicted octanol–water partition coefficient (Wildman–Crippen LogP) is 4.13. The Bertz CT molecular complexity index is 995. The summed E-state index contributed by atoms with van der Waals surface area (Å²) in [4.78, 5) is 24.0. The lowest BCUT2D eigenvalue weighted by molar-refractivity contribution is -0.146. The molecule has 1 aromatic heterocycles. The molecule has 0 aliphatic rings. The van der Waals surface area contributed by atoms with Gasteiger partial charge in [-0.15, -0.1) is 0 Å². The SMILES string of the molecule is COc1ccc2c(CC(=O)OCC(=O)Nc3ccc(C)c(Cl)c3)coc2c1. The predicted molar refractivity (Wildman–Crippen MR) is 102 cm³/mol. The molecule has 0 radical (unpaired) electrons. The van der Waals surface area contributed by atoms with E-state index in [1.54, 1.807) is 37.4 Å². The van der Waals surface area contributed by atoms with Crippen molar-refractivity contribution in [1.29, 1.82) is 0 Å². The highest BCUT2D eigenvalue weighted by molar-refractivity contribution is 6.31. The van der Waals surface area contributed by atoms with Gasteiger partial charge in [-0.3, -0.25) is 9.59 Å². The molecule has 0 aliphatic carbocycles. The van der Waals surface area contributed by atoms with Gasteiger partial charge in [-0.2, -0.15) is 0 Å². The van der Waals surface area contributed by atoms with E-state index in [9.17, 15) is 9.59 Å². The van der Waals surface area contributed by atoms with E-state index < -0.39 is 11.9 Å². The highest BCUT2D eigenvalue weighted by atomic mass is 35.5. The second-order valence-electron chi connectivity index (χ2n) is 5.97. The highest BCUT2D eigenvalue weighted by Gasteiger charge is 2.14. The number of fused-ring (bicyclic) bond motifs is 1. The summed E-state index contributed by atoms with van der Waals surface area (Å²) in [5, 5.41) is 3.98. The van der Waals surface area contributed by atoms with Crippen molar-refractivity contribution in [2.75, 3.05) is 19.0 Å². The summed E-state index contributed by atoms with van der Waals surface area (Å²) in [6, 6.07) is 10.5. The van der Waals surface area contributed by atoms with Gasteiger partial charge in [0, 0.05) is 27.7 Å². The number of benzene rings is 2. The number of methoxy groups -OCH3 is 1. The van der Waals surface area contributed by atoms with E-state index in [-0.39, 0.29) is 13.0 Å². The zero-order chi connectivity index (χ0) is 19.4. The second-order valence-corrected chi connectivity index (χ2v) is 6.38. The minimum Gasteiger partial charge on any atom is -0.497 e. The van der Waals surface area contributed by atoms with Gasteiger partial charge in [0.05, 0.1) is 19.8 Å². The standard InChI is InChI=1S/C20H18ClNO5/c1-12-3-4-14(8-17(12)21)22-19(23)11-27-20(24)7-13-10-26-18-9-15(25-2)5-6-16(13)18/h3-6,8-10H,7,11H2,1-2H3,(H,22,23). The molecule has 3 aromatic rings. The first kappa shape index (κ1) is 18.8. The van der Waals surface area contributed by atoms with Crippen LogP contribution in [0.1, 0.15) is 11.1 Å². The van der Waals surface area contributed by atoms with Crippen LogP contribution in [0.5, 0.6) is 5.75 Å². The summed E-state index contributed by atoms with van der Waals surface area (Å²) in [5.41, 5.74) is 2.75.